The topological polar surface area (TPSA) is 102 Å². The monoisotopic (exact) mass is 482 g/mol. The van der Waals surface area contributed by atoms with Gasteiger partial charge in [0, 0.05) is 24.7 Å². The molecule has 9 nitrogen and oxygen atoms in total. The van der Waals surface area contributed by atoms with E-state index in [2.05, 4.69) is 43.6 Å². The van der Waals surface area contributed by atoms with Gasteiger partial charge in [0.05, 0.1) is 12.8 Å². The number of ether oxygens (including phenoxy) is 1. The van der Waals surface area contributed by atoms with Crippen LogP contribution in [0.4, 0.5) is 27.9 Å². The molecule has 1 aliphatic heterocycles. The summed E-state index contributed by atoms with van der Waals surface area (Å²) in [4.78, 5) is 17.4. The van der Waals surface area contributed by atoms with Crippen molar-refractivity contribution in [2.45, 2.75) is 70.4 Å². The zero-order chi connectivity index (χ0) is 24.6. The van der Waals surface area contributed by atoms with E-state index in [9.17, 15) is 9.65 Å². The minimum Gasteiger partial charge on any atom is -0.494 e. The van der Waals surface area contributed by atoms with Crippen LogP contribution in [0.15, 0.2) is 18.2 Å². The van der Waals surface area contributed by atoms with Crippen molar-refractivity contribution in [3.05, 3.63) is 24.0 Å². The number of hydrogen-bond acceptors (Lipinski definition) is 9. The average molecular weight is 483 g/mol. The Morgan fingerprint density at radius 1 is 1.11 bits per heavy atom. The van der Waals surface area contributed by atoms with Gasteiger partial charge in [0.2, 0.25) is 17.8 Å². The molecule has 0 radical (unpaired) electrons. The van der Waals surface area contributed by atoms with Gasteiger partial charge in [-0.2, -0.15) is 20.2 Å². The molecular formula is C25H35FN8O. The minimum absolute atomic E-state index is 0.109. The molecule has 1 atom stereocenters. The summed E-state index contributed by atoms with van der Waals surface area (Å²) >= 11 is 0. The van der Waals surface area contributed by atoms with E-state index in [0.29, 0.717) is 30.2 Å². The number of halogens is 1. The molecule has 0 amide bonds. The second kappa shape index (κ2) is 12.0. The molecule has 1 aromatic carbocycles. The fraction of sp³-hybridized carbons (Fsp3) is 0.600. The molecule has 2 heterocycles. The number of likely N-dealkylation sites (tertiary alicyclic amines) is 1. The molecule has 2 aliphatic rings. The van der Waals surface area contributed by atoms with Gasteiger partial charge in [0.15, 0.2) is 17.8 Å². The van der Waals surface area contributed by atoms with Crippen LogP contribution in [0.3, 0.4) is 0 Å². The summed E-state index contributed by atoms with van der Waals surface area (Å²) in [5.41, 5.74) is 0.316. The molecule has 2 aromatic rings. The van der Waals surface area contributed by atoms with Gasteiger partial charge in [-0.15, -0.1) is 0 Å². The summed E-state index contributed by atoms with van der Waals surface area (Å²) in [6.07, 6.45) is 11.3. The maximum absolute atomic E-state index is 14.4. The van der Waals surface area contributed by atoms with Crippen molar-refractivity contribution in [2.75, 3.05) is 42.3 Å². The first-order chi connectivity index (χ1) is 17.1. The van der Waals surface area contributed by atoms with E-state index in [1.54, 1.807) is 6.07 Å². The van der Waals surface area contributed by atoms with Crippen LogP contribution in [0.1, 0.15) is 58.3 Å². The van der Waals surface area contributed by atoms with Crippen molar-refractivity contribution in [1.29, 1.82) is 5.26 Å². The highest BCUT2D eigenvalue weighted by Crippen LogP contribution is 2.29. The van der Waals surface area contributed by atoms with Crippen LogP contribution < -0.4 is 20.3 Å². The van der Waals surface area contributed by atoms with Crippen LogP contribution in [-0.2, 0) is 0 Å². The maximum Gasteiger partial charge on any atom is 0.250 e. The van der Waals surface area contributed by atoms with E-state index in [1.807, 2.05) is 0 Å². The Kier molecular flexibility index (Phi) is 8.53. The van der Waals surface area contributed by atoms with E-state index in [1.165, 1.54) is 56.2 Å². The minimum atomic E-state index is -0.560. The zero-order valence-corrected chi connectivity index (χ0v) is 20.6. The van der Waals surface area contributed by atoms with Gasteiger partial charge < -0.3 is 15.4 Å². The predicted molar refractivity (Wildman–Crippen MR) is 134 cm³/mol. The zero-order valence-electron chi connectivity index (χ0n) is 20.6. The number of nitriles is 1. The number of nitrogens with zero attached hydrogens (tertiary/aromatic N) is 6. The van der Waals surface area contributed by atoms with Gasteiger partial charge in [-0.3, -0.25) is 4.90 Å². The lowest BCUT2D eigenvalue weighted by atomic mass is 10.1. The molecule has 10 heteroatoms. The first-order valence-corrected chi connectivity index (χ1v) is 12.6. The van der Waals surface area contributed by atoms with Crippen molar-refractivity contribution in [2.24, 2.45) is 0 Å². The first-order valence-electron chi connectivity index (χ1n) is 12.6. The van der Waals surface area contributed by atoms with E-state index < -0.39 is 5.82 Å². The Labute approximate surface area is 206 Å². The van der Waals surface area contributed by atoms with Gasteiger partial charge in [0.1, 0.15) is 0 Å². The van der Waals surface area contributed by atoms with E-state index in [-0.39, 0.29) is 17.7 Å². The molecule has 0 bridgehead atoms. The fourth-order valence-corrected chi connectivity index (χ4v) is 4.98. The van der Waals surface area contributed by atoms with Gasteiger partial charge in [-0.25, -0.2) is 9.29 Å². The van der Waals surface area contributed by atoms with Crippen molar-refractivity contribution in [3.63, 3.8) is 0 Å². The van der Waals surface area contributed by atoms with Crippen LogP contribution >= 0.6 is 0 Å². The van der Waals surface area contributed by atoms with Crippen LogP contribution in [0, 0.1) is 17.3 Å². The predicted octanol–water partition coefficient (Wildman–Crippen LogP) is 4.67. The second-order valence-electron chi connectivity index (χ2n) is 9.18. The highest BCUT2D eigenvalue weighted by atomic mass is 19.1. The highest BCUT2D eigenvalue weighted by molar-refractivity contribution is 5.64. The molecule has 1 aromatic heterocycles. The van der Waals surface area contributed by atoms with Crippen molar-refractivity contribution < 1.29 is 9.13 Å². The third-order valence-electron chi connectivity index (χ3n) is 6.91. The van der Waals surface area contributed by atoms with E-state index in [4.69, 9.17) is 4.74 Å². The number of methoxy groups -OCH3 is 1. The molecule has 1 unspecified atom stereocenters. The number of anilines is 4. The van der Waals surface area contributed by atoms with Gasteiger partial charge in [-0.1, -0.05) is 32.6 Å². The molecule has 188 valence electrons. The quantitative estimate of drug-likeness (QED) is 0.300. The normalized spacial score (nSPS) is 19.1. The van der Waals surface area contributed by atoms with Crippen LogP contribution in [0.25, 0.3) is 0 Å². The third kappa shape index (κ3) is 6.28. The molecule has 1 aliphatic carbocycles. The number of rotatable bonds is 9. The van der Waals surface area contributed by atoms with Crippen LogP contribution in [-0.4, -0.2) is 58.7 Å². The Morgan fingerprint density at radius 3 is 2.57 bits per heavy atom. The van der Waals surface area contributed by atoms with Crippen LogP contribution in [0.5, 0.6) is 5.75 Å². The second-order valence-corrected chi connectivity index (χ2v) is 9.18. The molecular weight excluding hydrogens is 447 g/mol. The number of benzene rings is 1. The summed E-state index contributed by atoms with van der Waals surface area (Å²) in [7, 11) is 1.40. The molecule has 35 heavy (non-hydrogen) atoms. The lowest BCUT2D eigenvalue weighted by Gasteiger charge is -2.23. The molecule has 2 N–H and O–H groups in total. The standard InChI is InChI=1S/C25H35FN8O/c1-3-33-14-8-11-20(33)16-28-23-30-24(29-18-9-6-4-5-7-10-18)32-25(31-23)34(17-27)19-12-13-22(35-2)21(26)15-19/h12-13,15,18,20H,3-11,14,16H2,1-2H3,(H2,28,29,30,31,32). The molecule has 1 saturated carbocycles. The third-order valence-corrected chi connectivity index (χ3v) is 6.91. The largest absolute Gasteiger partial charge is 0.494 e. The molecule has 1 saturated heterocycles. The lowest BCUT2D eigenvalue weighted by Crippen LogP contribution is -2.35. The average Bonchev–Trinajstić information content (AvgIpc) is 3.18. The number of likely N-dealkylation sites (N-methyl/N-ethyl adjacent to an activating group) is 1. The Hall–Kier alpha value is -3.19. The van der Waals surface area contributed by atoms with E-state index in [0.717, 1.165) is 32.4 Å². The fourth-order valence-electron chi connectivity index (χ4n) is 4.98. The lowest BCUT2D eigenvalue weighted by molar-refractivity contribution is 0.277. The smallest absolute Gasteiger partial charge is 0.250 e. The highest BCUT2D eigenvalue weighted by Gasteiger charge is 2.24. The maximum atomic E-state index is 14.4. The SMILES string of the molecule is CCN1CCCC1CNc1nc(NC2CCCCCC2)nc(N(C#N)c2ccc(OC)c(F)c2)n1. The first kappa shape index (κ1) is 24.9. The van der Waals surface area contributed by atoms with Crippen molar-refractivity contribution in [1.82, 2.24) is 19.9 Å². The summed E-state index contributed by atoms with van der Waals surface area (Å²) in [5.74, 6) is 0.526. The molecule has 2 fully saturated rings. The van der Waals surface area contributed by atoms with Gasteiger partial charge in [-0.05, 0) is 50.9 Å². The number of hydrogen-bond donors (Lipinski definition) is 2. The Bertz CT molecular complexity index is 1020. The summed E-state index contributed by atoms with van der Waals surface area (Å²) in [5, 5.41) is 16.8. The van der Waals surface area contributed by atoms with Crippen molar-refractivity contribution in [3.8, 4) is 11.9 Å². The van der Waals surface area contributed by atoms with E-state index >= 15 is 0 Å². The Morgan fingerprint density at radius 2 is 1.89 bits per heavy atom. The number of nitrogens with one attached hydrogen (secondary N) is 2. The Balaban J connectivity index is 1.61. The van der Waals surface area contributed by atoms with Crippen molar-refractivity contribution >= 4 is 23.5 Å². The summed E-state index contributed by atoms with van der Waals surface area (Å²) < 4.78 is 19.4. The number of aromatic nitrogens is 3. The van der Waals surface area contributed by atoms with Crippen LogP contribution in [0.2, 0.25) is 0 Å². The van der Waals surface area contributed by atoms with Gasteiger partial charge >= 0.3 is 0 Å². The van der Waals surface area contributed by atoms with Gasteiger partial charge in [0.25, 0.3) is 0 Å². The molecule has 0 spiro atoms. The molecule has 4 rings (SSSR count). The summed E-state index contributed by atoms with van der Waals surface area (Å²) in [6, 6.07) is 5.04. The summed E-state index contributed by atoms with van der Waals surface area (Å²) in [6.45, 7) is 5.00.